The van der Waals surface area contributed by atoms with E-state index >= 15 is 0 Å². The fraction of sp³-hybridized carbons (Fsp3) is 0.238. The first-order valence-corrected chi connectivity index (χ1v) is 15.8. The maximum atomic E-state index is 13.1. The van der Waals surface area contributed by atoms with Crippen LogP contribution in [0.15, 0.2) is 68.6 Å². The van der Waals surface area contributed by atoms with Crippen LogP contribution in [0, 0.1) is 0 Å². The summed E-state index contributed by atoms with van der Waals surface area (Å²) in [5, 5.41) is 19.1. The molecule has 0 heterocycles. The largest absolute Gasteiger partial charge is 0.506 e. The van der Waals surface area contributed by atoms with Crippen LogP contribution in [0.5, 0.6) is 5.75 Å². The van der Waals surface area contributed by atoms with Crippen molar-refractivity contribution in [3.05, 3.63) is 48.5 Å². The van der Waals surface area contributed by atoms with Gasteiger partial charge in [-0.05, 0) is 57.2 Å². The maximum absolute atomic E-state index is 13.1. The number of nitrogens with one attached hydrogen (secondary N) is 2. The van der Waals surface area contributed by atoms with E-state index in [4.69, 9.17) is 10.7 Å². The van der Waals surface area contributed by atoms with E-state index in [9.17, 15) is 30.4 Å². The normalized spacial score (nSPS) is 13.4. The van der Waals surface area contributed by atoms with E-state index in [1.54, 1.807) is 20.8 Å². The van der Waals surface area contributed by atoms with Crippen molar-refractivity contribution >= 4 is 67.6 Å². The summed E-state index contributed by atoms with van der Waals surface area (Å²) in [5.74, 6) is -0.602. The van der Waals surface area contributed by atoms with Crippen LogP contribution in [0.25, 0.3) is 10.8 Å². The maximum Gasteiger partial charge on any atom is 0.261 e. The second kappa shape index (κ2) is 9.59. The Kier molecular flexibility index (Phi) is 7.41. The average Bonchev–Trinajstić information content (AvgIpc) is 2.70. The molecule has 0 saturated heterocycles. The van der Waals surface area contributed by atoms with Gasteiger partial charge in [-0.2, -0.15) is 5.11 Å². The number of anilines is 1. The number of phenols is 1. The van der Waals surface area contributed by atoms with Crippen molar-refractivity contribution in [1.82, 2.24) is 4.72 Å². The van der Waals surface area contributed by atoms with E-state index in [0.717, 1.165) is 12.3 Å². The molecule has 0 bridgehead atoms. The first kappa shape index (κ1) is 27.8. The third kappa shape index (κ3) is 6.70. The molecule has 3 rings (SSSR count). The van der Waals surface area contributed by atoms with Crippen molar-refractivity contribution in [2.45, 2.75) is 36.1 Å². The lowest BCUT2D eigenvalue weighted by Crippen LogP contribution is -2.40. The SMILES string of the molecule is CC(C)(C)NS(=O)(=O)c1cc(/N=N/c2ccc(S(=O)(=O)Cl)cc2)c2c(NS(C)(=O)=O)cccc2c1O. The van der Waals surface area contributed by atoms with Crippen LogP contribution < -0.4 is 9.44 Å². The Morgan fingerprint density at radius 2 is 1.53 bits per heavy atom. The van der Waals surface area contributed by atoms with Crippen LogP contribution in [-0.4, -0.2) is 42.2 Å². The lowest BCUT2D eigenvalue weighted by atomic mass is 10.1. The zero-order valence-electron chi connectivity index (χ0n) is 19.5. The molecule has 0 aromatic heterocycles. The molecule has 194 valence electrons. The minimum absolute atomic E-state index is 0.0120. The second-order valence-corrected chi connectivity index (χ2v) is 14.8. The van der Waals surface area contributed by atoms with E-state index in [1.807, 2.05) is 0 Å². The Hall–Kier alpha value is -2.78. The molecule has 0 aliphatic heterocycles. The van der Waals surface area contributed by atoms with Crippen molar-refractivity contribution in [2.75, 3.05) is 11.0 Å². The molecule has 0 fully saturated rings. The van der Waals surface area contributed by atoms with Gasteiger partial charge < -0.3 is 5.11 Å². The Morgan fingerprint density at radius 3 is 2.06 bits per heavy atom. The molecule has 0 unspecified atom stereocenters. The Morgan fingerprint density at radius 1 is 0.917 bits per heavy atom. The fourth-order valence-electron chi connectivity index (χ4n) is 3.24. The topological polar surface area (TPSA) is 171 Å². The Bertz CT molecular complexity index is 1680. The zero-order valence-corrected chi connectivity index (χ0v) is 22.7. The van der Waals surface area contributed by atoms with Gasteiger partial charge in [0.15, 0.2) is 0 Å². The lowest BCUT2D eigenvalue weighted by molar-refractivity contribution is 0.458. The molecule has 0 atom stereocenters. The average molecular weight is 575 g/mol. The van der Waals surface area contributed by atoms with E-state index in [2.05, 4.69) is 19.7 Å². The highest BCUT2D eigenvalue weighted by molar-refractivity contribution is 8.13. The van der Waals surface area contributed by atoms with Gasteiger partial charge in [-0.3, -0.25) is 4.72 Å². The number of nitrogens with zero attached hydrogens (tertiary/aromatic N) is 2. The van der Waals surface area contributed by atoms with Gasteiger partial charge in [0.05, 0.1) is 28.2 Å². The van der Waals surface area contributed by atoms with Crippen LogP contribution in [0.4, 0.5) is 17.1 Å². The predicted octanol–water partition coefficient (Wildman–Crippen LogP) is 4.34. The molecule has 3 N–H and O–H groups in total. The minimum atomic E-state index is -4.24. The summed E-state index contributed by atoms with van der Waals surface area (Å²) in [6.07, 6.45) is 0.936. The number of fused-ring (bicyclic) bond motifs is 1. The number of rotatable bonds is 7. The van der Waals surface area contributed by atoms with E-state index in [0.29, 0.717) is 0 Å². The first-order chi connectivity index (χ1) is 16.4. The van der Waals surface area contributed by atoms with E-state index in [1.165, 1.54) is 42.5 Å². The van der Waals surface area contributed by atoms with Crippen molar-refractivity contribution in [1.29, 1.82) is 0 Å². The smallest absolute Gasteiger partial charge is 0.261 e. The van der Waals surface area contributed by atoms with Gasteiger partial charge in [-0.15, -0.1) is 5.11 Å². The van der Waals surface area contributed by atoms with Gasteiger partial charge >= 0.3 is 0 Å². The number of azo groups is 1. The second-order valence-electron chi connectivity index (χ2n) is 8.83. The number of aromatic hydroxyl groups is 1. The number of hydrogen-bond donors (Lipinski definition) is 3. The molecule has 0 spiro atoms. The molecule has 3 aromatic carbocycles. The number of sulfonamides is 2. The van der Waals surface area contributed by atoms with Gasteiger partial charge in [0.25, 0.3) is 9.05 Å². The summed E-state index contributed by atoms with van der Waals surface area (Å²) in [5.41, 5.74) is -0.703. The number of halogens is 1. The summed E-state index contributed by atoms with van der Waals surface area (Å²) < 4.78 is 77.6. The van der Waals surface area contributed by atoms with Gasteiger partial charge in [-0.1, -0.05) is 12.1 Å². The van der Waals surface area contributed by atoms with Crippen LogP contribution in [0.2, 0.25) is 0 Å². The molecule has 15 heteroatoms. The molecule has 0 aliphatic rings. The summed E-state index contributed by atoms with van der Waals surface area (Å²) in [6.45, 7) is 4.88. The van der Waals surface area contributed by atoms with Gasteiger partial charge in [0.1, 0.15) is 10.6 Å². The standard InChI is InChI=1S/C21H23ClN4O7S3/c1-21(2,3)26-36(32,33)18-12-17(24-23-13-8-10-14(11-9-13)35(22,30)31)19-15(20(18)27)6-5-7-16(19)25-34(4,28)29/h5-12,25-27H,1-4H3/b24-23+. The summed E-state index contributed by atoms with van der Waals surface area (Å²) >= 11 is 0. The van der Waals surface area contributed by atoms with Crippen molar-refractivity contribution in [3.8, 4) is 5.75 Å². The Balaban J connectivity index is 2.28. The van der Waals surface area contributed by atoms with Crippen LogP contribution >= 0.6 is 10.7 Å². The van der Waals surface area contributed by atoms with Gasteiger partial charge in [0, 0.05) is 27.0 Å². The van der Waals surface area contributed by atoms with Crippen LogP contribution in [-0.2, 0) is 29.1 Å². The molecule has 0 amide bonds. The molecule has 11 nitrogen and oxygen atoms in total. The van der Waals surface area contributed by atoms with Crippen molar-refractivity contribution in [2.24, 2.45) is 10.2 Å². The molecule has 3 aromatic rings. The highest BCUT2D eigenvalue weighted by Crippen LogP contribution is 2.43. The molecule has 0 saturated carbocycles. The third-order valence-corrected chi connectivity index (χ3v) is 8.23. The minimum Gasteiger partial charge on any atom is -0.506 e. The third-order valence-electron chi connectivity index (χ3n) is 4.49. The Labute approximate surface area is 213 Å². The summed E-state index contributed by atoms with van der Waals surface area (Å²) in [6, 6.07) is 10.4. The number of phenolic OH excluding ortho intramolecular Hbond substituents is 1. The van der Waals surface area contributed by atoms with Crippen LogP contribution in [0.1, 0.15) is 20.8 Å². The monoisotopic (exact) mass is 574 g/mol. The molecule has 0 aliphatic carbocycles. The highest BCUT2D eigenvalue weighted by atomic mass is 35.7. The summed E-state index contributed by atoms with van der Waals surface area (Å²) in [7, 11) is -6.62. The van der Waals surface area contributed by atoms with Crippen molar-refractivity contribution < 1.29 is 30.4 Å². The molecular formula is C21H23ClN4O7S3. The number of benzene rings is 3. The number of hydrogen-bond acceptors (Lipinski definition) is 9. The highest BCUT2D eigenvalue weighted by Gasteiger charge is 2.28. The van der Waals surface area contributed by atoms with Crippen LogP contribution in [0.3, 0.4) is 0 Å². The molecule has 36 heavy (non-hydrogen) atoms. The quantitative estimate of drug-likeness (QED) is 0.278. The van der Waals surface area contributed by atoms with E-state index < -0.39 is 45.3 Å². The van der Waals surface area contributed by atoms with Gasteiger partial charge in [-0.25, -0.2) is 30.0 Å². The molecule has 0 radical (unpaired) electrons. The van der Waals surface area contributed by atoms with Crippen molar-refractivity contribution in [3.63, 3.8) is 0 Å². The van der Waals surface area contributed by atoms with E-state index in [-0.39, 0.29) is 32.7 Å². The first-order valence-electron chi connectivity index (χ1n) is 10.1. The summed E-state index contributed by atoms with van der Waals surface area (Å²) in [4.78, 5) is -0.640. The lowest BCUT2D eigenvalue weighted by Gasteiger charge is -2.21. The molecular weight excluding hydrogens is 552 g/mol. The predicted molar refractivity (Wildman–Crippen MR) is 138 cm³/mol. The zero-order chi connectivity index (χ0) is 27.1. The van der Waals surface area contributed by atoms with Gasteiger partial charge in [0.2, 0.25) is 20.0 Å². The fourth-order valence-corrected chi connectivity index (χ4v) is 6.12.